The standard InChI is InChI=1S/C16H23NO3/c1-3-20-12-16(18)17-9-8-14(11-17)10-13-4-6-15(19-2)7-5-13/h4-7,14H,3,8-12H2,1-2H3. The zero-order valence-corrected chi connectivity index (χ0v) is 12.3. The molecule has 20 heavy (non-hydrogen) atoms. The lowest BCUT2D eigenvalue weighted by molar-refractivity contribution is -0.135. The van der Waals surface area contributed by atoms with Gasteiger partial charge in [-0.1, -0.05) is 12.1 Å². The number of amides is 1. The van der Waals surface area contributed by atoms with Crippen molar-refractivity contribution in [3.8, 4) is 5.75 Å². The summed E-state index contributed by atoms with van der Waals surface area (Å²) < 4.78 is 10.3. The fourth-order valence-electron chi connectivity index (χ4n) is 2.60. The molecule has 1 fully saturated rings. The molecule has 1 unspecified atom stereocenters. The zero-order chi connectivity index (χ0) is 14.4. The van der Waals surface area contributed by atoms with Crippen LogP contribution in [0.25, 0.3) is 0 Å². The largest absolute Gasteiger partial charge is 0.497 e. The van der Waals surface area contributed by atoms with E-state index in [-0.39, 0.29) is 12.5 Å². The Morgan fingerprint density at radius 1 is 1.35 bits per heavy atom. The van der Waals surface area contributed by atoms with Crippen LogP contribution in [0.15, 0.2) is 24.3 Å². The maximum absolute atomic E-state index is 11.9. The highest BCUT2D eigenvalue weighted by molar-refractivity contribution is 5.77. The van der Waals surface area contributed by atoms with Crippen LogP contribution in [0.3, 0.4) is 0 Å². The fraction of sp³-hybridized carbons (Fsp3) is 0.562. The molecule has 110 valence electrons. The Morgan fingerprint density at radius 2 is 2.10 bits per heavy atom. The number of carbonyl (C=O) groups excluding carboxylic acids is 1. The predicted molar refractivity (Wildman–Crippen MR) is 77.9 cm³/mol. The minimum absolute atomic E-state index is 0.115. The molecule has 0 spiro atoms. The third-order valence-corrected chi connectivity index (χ3v) is 3.75. The van der Waals surface area contributed by atoms with Crippen LogP contribution >= 0.6 is 0 Å². The lowest BCUT2D eigenvalue weighted by Crippen LogP contribution is -2.32. The Bertz CT molecular complexity index is 430. The SMILES string of the molecule is CCOCC(=O)N1CCC(Cc2ccc(OC)cc2)C1. The average Bonchev–Trinajstić information content (AvgIpc) is 2.94. The quantitative estimate of drug-likeness (QED) is 0.799. The van der Waals surface area contributed by atoms with Crippen LogP contribution in [-0.2, 0) is 16.0 Å². The third kappa shape index (κ3) is 3.97. The first-order chi connectivity index (χ1) is 9.72. The molecule has 1 heterocycles. The Kier molecular flexibility index (Phi) is 5.41. The maximum atomic E-state index is 11.9. The molecule has 0 saturated carbocycles. The zero-order valence-electron chi connectivity index (χ0n) is 12.3. The average molecular weight is 277 g/mol. The van der Waals surface area contributed by atoms with Crippen LogP contribution in [0.5, 0.6) is 5.75 Å². The van der Waals surface area contributed by atoms with Gasteiger partial charge in [-0.2, -0.15) is 0 Å². The molecule has 1 aromatic rings. The highest BCUT2D eigenvalue weighted by atomic mass is 16.5. The minimum atomic E-state index is 0.115. The Labute approximate surface area is 120 Å². The molecule has 2 rings (SSSR count). The number of nitrogens with zero attached hydrogens (tertiary/aromatic N) is 1. The smallest absolute Gasteiger partial charge is 0.248 e. The number of hydrogen-bond acceptors (Lipinski definition) is 3. The molecular formula is C16H23NO3. The van der Waals surface area contributed by atoms with Gasteiger partial charge in [-0.15, -0.1) is 0 Å². The molecule has 1 saturated heterocycles. The lowest BCUT2D eigenvalue weighted by atomic mass is 9.99. The normalized spacial score (nSPS) is 18.3. The monoisotopic (exact) mass is 277 g/mol. The van der Waals surface area contributed by atoms with Crippen LogP contribution in [0.4, 0.5) is 0 Å². The van der Waals surface area contributed by atoms with Gasteiger partial charge in [0.05, 0.1) is 7.11 Å². The van der Waals surface area contributed by atoms with E-state index in [4.69, 9.17) is 9.47 Å². The van der Waals surface area contributed by atoms with Gasteiger partial charge in [-0.3, -0.25) is 4.79 Å². The van der Waals surface area contributed by atoms with Gasteiger partial charge in [0.2, 0.25) is 5.91 Å². The highest BCUT2D eigenvalue weighted by Gasteiger charge is 2.26. The molecule has 0 radical (unpaired) electrons. The third-order valence-electron chi connectivity index (χ3n) is 3.75. The van der Waals surface area contributed by atoms with Gasteiger partial charge in [-0.25, -0.2) is 0 Å². The van der Waals surface area contributed by atoms with Gasteiger partial charge < -0.3 is 14.4 Å². The second-order valence-electron chi connectivity index (χ2n) is 5.18. The molecule has 0 N–H and O–H groups in total. The molecule has 1 aromatic carbocycles. The van der Waals surface area contributed by atoms with Crippen molar-refractivity contribution in [3.63, 3.8) is 0 Å². The van der Waals surface area contributed by atoms with E-state index in [1.54, 1.807) is 7.11 Å². The van der Waals surface area contributed by atoms with Crippen molar-refractivity contribution in [1.29, 1.82) is 0 Å². The second-order valence-corrected chi connectivity index (χ2v) is 5.18. The Morgan fingerprint density at radius 3 is 2.75 bits per heavy atom. The highest BCUT2D eigenvalue weighted by Crippen LogP contribution is 2.22. The van der Waals surface area contributed by atoms with Crippen molar-refractivity contribution < 1.29 is 14.3 Å². The summed E-state index contributed by atoms with van der Waals surface area (Å²) in [6, 6.07) is 8.18. The van der Waals surface area contributed by atoms with Crippen molar-refractivity contribution in [3.05, 3.63) is 29.8 Å². The molecule has 4 nitrogen and oxygen atoms in total. The molecule has 1 atom stereocenters. The Balaban J connectivity index is 1.81. The van der Waals surface area contributed by atoms with Gasteiger partial charge in [-0.05, 0) is 43.4 Å². The van der Waals surface area contributed by atoms with E-state index in [1.807, 2.05) is 24.0 Å². The van der Waals surface area contributed by atoms with E-state index in [0.717, 1.165) is 31.7 Å². The summed E-state index contributed by atoms with van der Waals surface area (Å²) in [5, 5.41) is 0. The predicted octanol–water partition coefficient (Wildman–Crippen LogP) is 2.12. The van der Waals surface area contributed by atoms with Crippen LogP contribution in [0.2, 0.25) is 0 Å². The molecule has 1 aliphatic heterocycles. The first-order valence-corrected chi connectivity index (χ1v) is 7.21. The summed E-state index contributed by atoms with van der Waals surface area (Å²) >= 11 is 0. The maximum Gasteiger partial charge on any atom is 0.248 e. The van der Waals surface area contributed by atoms with Gasteiger partial charge in [0.25, 0.3) is 0 Å². The van der Waals surface area contributed by atoms with Crippen LogP contribution < -0.4 is 4.74 Å². The number of hydrogen-bond donors (Lipinski definition) is 0. The molecule has 0 bridgehead atoms. The number of carbonyl (C=O) groups is 1. The summed E-state index contributed by atoms with van der Waals surface area (Å²) in [5.41, 5.74) is 1.30. The summed E-state index contributed by atoms with van der Waals surface area (Å²) in [6.07, 6.45) is 2.09. The van der Waals surface area contributed by atoms with Crippen molar-refractivity contribution >= 4 is 5.91 Å². The lowest BCUT2D eigenvalue weighted by Gasteiger charge is -2.16. The molecule has 1 amide bonds. The summed E-state index contributed by atoms with van der Waals surface area (Å²) in [4.78, 5) is 13.8. The number of ether oxygens (including phenoxy) is 2. The van der Waals surface area contributed by atoms with Gasteiger partial charge in [0.1, 0.15) is 12.4 Å². The molecule has 4 heteroatoms. The van der Waals surface area contributed by atoms with Gasteiger partial charge >= 0.3 is 0 Å². The van der Waals surface area contributed by atoms with Crippen molar-refractivity contribution in [2.45, 2.75) is 19.8 Å². The molecule has 0 aliphatic carbocycles. The van der Waals surface area contributed by atoms with E-state index in [9.17, 15) is 4.79 Å². The van der Waals surface area contributed by atoms with Crippen LogP contribution in [0.1, 0.15) is 18.9 Å². The Hall–Kier alpha value is -1.55. The summed E-state index contributed by atoms with van der Waals surface area (Å²) in [7, 11) is 1.67. The number of methoxy groups -OCH3 is 1. The fourth-order valence-corrected chi connectivity index (χ4v) is 2.60. The molecular weight excluding hydrogens is 254 g/mol. The van der Waals surface area contributed by atoms with Gasteiger partial charge in [0, 0.05) is 19.7 Å². The number of benzene rings is 1. The van der Waals surface area contributed by atoms with E-state index in [0.29, 0.717) is 12.5 Å². The van der Waals surface area contributed by atoms with Crippen LogP contribution in [-0.4, -0.2) is 44.2 Å². The van der Waals surface area contributed by atoms with E-state index in [1.165, 1.54) is 5.56 Å². The summed E-state index contributed by atoms with van der Waals surface area (Å²) in [6.45, 7) is 4.41. The van der Waals surface area contributed by atoms with Crippen molar-refractivity contribution in [2.24, 2.45) is 5.92 Å². The number of rotatable bonds is 6. The van der Waals surface area contributed by atoms with E-state index >= 15 is 0 Å². The molecule has 1 aliphatic rings. The number of likely N-dealkylation sites (tertiary alicyclic amines) is 1. The minimum Gasteiger partial charge on any atom is -0.497 e. The van der Waals surface area contributed by atoms with E-state index < -0.39 is 0 Å². The summed E-state index contributed by atoms with van der Waals surface area (Å²) in [5.74, 6) is 1.55. The molecule has 0 aromatic heterocycles. The van der Waals surface area contributed by atoms with Crippen LogP contribution in [0, 0.1) is 5.92 Å². The van der Waals surface area contributed by atoms with Crippen molar-refractivity contribution in [2.75, 3.05) is 33.4 Å². The first-order valence-electron chi connectivity index (χ1n) is 7.21. The first kappa shape index (κ1) is 14.9. The van der Waals surface area contributed by atoms with E-state index in [2.05, 4.69) is 12.1 Å². The topological polar surface area (TPSA) is 38.8 Å². The second kappa shape index (κ2) is 7.29. The van der Waals surface area contributed by atoms with Gasteiger partial charge in [0.15, 0.2) is 0 Å². The van der Waals surface area contributed by atoms with Crippen molar-refractivity contribution in [1.82, 2.24) is 4.90 Å².